The number of carbonyl (C=O) groups is 1. The van der Waals surface area contributed by atoms with Crippen molar-refractivity contribution in [3.8, 4) is 11.3 Å². The molecule has 0 atom stereocenters. The summed E-state index contributed by atoms with van der Waals surface area (Å²) in [4.78, 5) is 21.6. The molecule has 35 heavy (non-hydrogen) atoms. The number of nitrogens with zero attached hydrogens (tertiary/aromatic N) is 3. The number of hydrogen-bond acceptors (Lipinski definition) is 5. The Hall–Kier alpha value is -3.46. The van der Waals surface area contributed by atoms with Crippen LogP contribution >= 0.6 is 11.8 Å². The fourth-order valence-electron chi connectivity index (χ4n) is 4.15. The molecule has 0 aliphatic carbocycles. The third-order valence-electron chi connectivity index (χ3n) is 5.99. The maximum atomic E-state index is 13.0. The van der Waals surface area contributed by atoms with E-state index >= 15 is 0 Å². The molecule has 1 fully saturated rings. The molecule has 3 aromatic rings. The van der Waals surface area contributed by atoms with Crippen molar-refractivity contribution in [2.75, 3.05) is 31.1 Å². The first-order chi connectivity index (χ1) is 16.8. The quantitative estimate of drug-likeness (QED) is 0.412. The number of benzene rings is 2. The number of para-hydroxylation sites is 1. The Morgan fingerprint density at radius 1 is 0.971 bits per heavy atom. The fourth-order valence-corrected chi connectivity index (χ4v) is 5.10. The lowest BCUT2D eigenvalue weighted by atomic mass is 10.1. The Labute approximate surface area is 204 Å². The Bertz CT molecular complexity index is 1320. The summed E-state index contributed by atoms with van der Waals surface area (Å²) in [5, 5.41) is 0.662. The number of furan rings is 1. The van der Waals surface area contributed by atoms with Crippen LogP contribution in [0.3, 0.4) is 0 Å². The number of thioether (sulfide) groups is 1. The van der Waals surface area contributed by atoms with E-state index in [0.29, 0.717) is 27.2 Å². The van der Waals surface area contributed by atoms with Gasteiger partial charge in [-0.25, -0.2) is 0 Å². The topological polar surface area (TPSA) is 49.0 Å². The highest BCUT2D eigenvalue weighted by Gasteiger charge is 2.31. The maximum Gasteiger partial charge on any atom is 0.416 e. The molecular formula is C26H22F3N3O2S. The van der Waals surface area contributed by atoms with E-state index in [1.165, 1.54) is 29.1 Å². The van der Waals surface area contributed by atoms with Gasteiger partial charge in [0.05, 0.1) is 10.5 Å². The fraction of sp³-hybridized carbons (Fsp3) is 0.231. The molecule has 2 aliphatic rings. The lowest BCUT2D eigenvalue weighted by Gasteiger charge is -2.37. The third-order valence-corrected chi connectivity index (χ3v) is 7.03. The number of rotatable bonds is 3. The van der Waals surface area contributed by atoms with Gasteiger partial charge in [-0.1, -0.05) is 30.3 Å². The van der Waals surface area contributed by atoms with Gasteiger partial charge in [0.2, 0.25) is 0 Å². The van der Waals surface area contributed by atoms with Crippen molar-refractivity contribution in [3.05, 3.63) is 82.5 Å². The van der Waals surface area contributed by atoms with E-state index in [0.717, 1.165) is 38.3 Å². The zero-order valence-corrected chi connectivity index (χ0v) is 19.7. The normalized spacial score (nSPS) is 17.9. The second kappa shape index (κ2) is 9.30. The van der Waals surface area contributed by atoms with Crippen LogP contribution in [0.15, 0.2) is 75.0 Å². The van der Waals surface area contributed by atoms with Gasteiger partial charge in [0.25, 0.3) is 5.91 Å². The van der Waals surface area contributed by atoms with Crippen LogP contribution in [0.5, 0.6) is 0 Å². The second-order valence-electron chi connectivity index (χ2n) is 8.35. The Morgan fingerprint density at radius 3 is 2.46 bits per heavy atom. The first kappa shape index (κ1) is 23.3. The first-order valence-corrected chi connectivity index (χ1v) is 12.0. The molecule has 5 rings (SSSR count). The van der Waals surface area contributed by atoms with Crippen molar-refractivity contribution < 1.29 is 22.4 Å². The van der Waals surface area contributed by atoms with E-state index in [9.17, 15) is 18.0 Å². The minimum atomic E-state index is -4.43. The van der Waals surface area contributed by atoms with Crippen LogP contribution in [0.2, 0.25) is 0 Å². The van der Waals surface area contributed by atoms with Gasteiger partial charge in [-0.05, 0) is 54.6 Å². The number of halogens is 3. The van der Waals surface area contributed by atoms with Gasteiger partial charge in [0, 0.05) is 43.5 Å². The number of hydrogen-bond donors (Lipinski definition) is 0. The average Bonchev–Trinajstić information content (AvgIpc) is 3.46. The van der Waals surface area contributed by atoms with Gasteiger partial charge in [-0.2, -0.15) is 18.2 Å². The molecule has 1 aromatic heterocycles. The molecule has 1 amide bonds. The van der Waals surface area contributed by atoms with Gasteiger partial charge in [-0.15, -0.1) is 0 Å². The Balaban J connectivity index is 1.25. The van der Waals surface area contributed by atoms with Gasteiger partial charge in [0.15, 0.2) is 5.17 Å². The van der Waals surface area contributed by atoms with E-state index < -0.39 is 11.7 Å². The van der Waals surface area contributed by atoms with Crippen LogP contribution in [0, 0.1) is 6.92 Å². The molecule has 1 saturated heterocycles. The Kier molecular flexibility index (Phi) is 6.19. The van der Waals surface area contributed by atoms with Crippen LogP contribution in [0.25, 0.3) is 17.4 Å². The number of aryl methyl sites for hydroxylation is 1. The smallest absolute Gasteiger partial charge is 0.416 e. The number of aliphatic imine (C=N–C) groups is 1. The minimum Gasteiger partial charge on any atom is -0.457 e. The molecule has 180 valence electrons. The Morgan fingerprint density at radius 2 is 1.71 bits per heavy atom. The van der Waals surface area contributed by atoms with Crippen LogP contribution in [0.1, 0.15) is 16.9 Å². The van der Waals surface area contributed by atoms with Crippen LogP contribution < -0.4 is 4.90 Å². The lowest BCUT2D eigenvalue weighted by Crippen LogP contribution is -2.48. The maximum absolute atomic E-state index is 13.0. The number of alkyl halides is 3. The molecule has 0 saturated carbocycles. The number of piperazine rings is 1. The molecule has 0 unspecified atom stereocenters. The molecule has 0 radical (unpaired) electrons. The van der Waals surface area contributed by atoms with E-state index in [1.807, 2.05) is 12.1 Å². The molecule has 9 heteroatoms. The summed E-state index contributed by atoms with van der Waals surface area (Å²) in [6.45, 7) is 5.26. The molecule has 2 aromatic carbocycles. The van der Waals surface area contributed by atoms with Crippen molar-refractivity contribution in [1.29, 1.82) is 0 Å². The summed E-state index contributed by atoms with van der Waals surface area (Å²) in [5.41, 5.74) is 2.03. The summed E-state index contributed by atoms with van der Waals surface area (Å²) in [5.74, 6) is 0.337. The minimum absolute atomic E-state index is 0.298. The SMILES string of the molecule is Cc1ccccc1N1CCN(C2=NC(=O)C(=Cc3ccc(-c4cccc(C(F)(F)F)c4)o3)S2)CC1. The van der Waals surface area contributed by atoms with Crippen molar-refractivity contribution in [1.82, 2.24) is 4.90 Å². The molecule has 0 spiro atoms. The zero-order valence-electron chi connectivity index (χ0n) is 18.9. The summed E-state index contributed by atoms with van der Waals surface area (Å²) in [6.07, 6.45) is -2.84. The monoisotopic (exact) mass is 497 g/mol. The molecule has 5 nitrogen and oxygen atoms in total. The predicted octanol–water partition coefficient (Wildman–Crippen LogP) is 6.07. The van der Waals surface area contributed by atoms with Crippen molar-refractivity contribution in [2.45, 2.75) is 13.1 Å². The highest BCUT2D eigenvalue weighted by Crippen LogP contribution is 2.35. The van der Waals surface area contributed by atoms with E-state index in [4.69, 9.17) is 4.42 Å². The van der Waals surface area contributed by atoms with Crippen molar-refractivity contribution >= 4 is 34.6 Å². The first-order valence-electron chi connectivity index (χ1n) is 11.1. The van der Waals surface area contributed by atoms with E-state index in [2.05, 4.69) is 33.8 Å². The molecule has 2 aliphatic heterocycles. The van der Waals surface area contributed by atoms with E-state index in [1.54, 1.807) is 24.3 Å². The highest BCUT2D eigenvalue weighted by atomic mass is 32.2. The number of amides is 1. The van der Waals surface area contributed by atoms with Gasteiger partial charge in [-0.3, -0.25) is 4.79 Å². The summed E-state index contributed by atoms with van der Waals surface area (Å²) in [7, 11) is 0. The molecule has 3 heterocycles. The summed E-state index contributed by atoms with van der Waals surface area (Å²) < 4.78 is 44.8. The summed E-state index contributed by atoms with van der Waals surface area (Å²) >= 11 is 1.29. The average molecular weight is 498 g/mol. The van der Waals surface area contributed by atoms with Crippen LogP contribution in [-0.2, 0) is 11.0 Å². The standard InChI is InChI=1S/C26H22F3N3O2S/c1-17-5-2-3-8-21(17)31-11-13-32(14-12-31)25-30-24(33)23(35-25)16-20-9-10-22(34-20)18-6-4-7-19(15-18)26(27,28)29/h2-10,15-16H,11-14H2,1H3. The molecule has 0 N–H and O–H groups in total. The van der Waals surface area contributed by atoms with Gasteiger partial charge < -0.3 is 14.2 Å². The number of amidine groups is 1. The third kappa shape index (κ3) is 5.00. The highest BCUT2D eigenvalue weighted by molar-refractivity contribution is 8.18. The van der Waals surface area contributed by atoms with Crippen LogP contribution in [0.4, 0.5) is 18.9 Å². The van der Waals surface area contributed by atoms with Gasteiger partial charge in [0.1, 0.15) is 11.5 Å². The molecular weight excluding hydrogens is 475 g/mol. The van der Waals surface area contributed by atoms with E-state index in [-0.39, 0.29) is 5.91 Å². The second-order valence-corrected chi connectivity index (χ2v) is 9.36. The van der Waals surface area contributed by atoms with Crippen LogP contribution in [-0.4, -0.2) is 42.2 Å². The number of carbonyl (C=O) groups excluding carboxylic acids is 1. The van der Waals surface area contributed by atoms with Crippen molar-refractivity contribution in [2.24, 2.45) is 4.99 Å². The van der Waals surface area contributed by atoms with Crippen molar-refractivity contribution in [3.63, 3.8) is 0 Å². The largest absolute Gasteiger partial charge is 0.457 e. The molecule has 0 bridgehead atoms. The summed E-state index contributed by atoms with van der Waals surface area (Å²) in [6, 6.07) is 16.5. The predicted molar refractivity (Wildman–Crippen MR) is 132 cm³/mol. The van der Waals surface area contributed by atoms with Gasteiger partial charge >= 0.3 is 6.18 Å². The lowest BCUT2D eigenvalue weighted by molar-refractivity contribution is -0.137. The number of anilines is 1. The zero-order chi connectivity index (χ0) is 24.6.